The molecule has 0 atom stereocenters. The van der Waals surface area contributed by atoms with E-state index in [0.29, 0.717) is 23.2 Å². The van der Waals surface area contributed by atoms with Crippen molar-refractivity contribution < 1.29 is 14.2 Å². The highest BCUT2D eigenvalue weighted by Crippen LogP contribution is 2.34. The van der Waals surface area contributed by atoms with Crippen molar-refractivity contribution in [1.29, 1.82) is 0 Å². The number of fused-ring (bicyclic) bond motifs is 1. The smallest absolute Gasteiger partial charge is 0.161 e. The van der Waals surface area contributed by atoms with Gasteiger partial charge in [0, 0.05) is 31.5 Å². The number of nitrogens with zero attached hydrogens (tertiary/aromatic N) is 2. The van der Waals surface area contributed by atoms with Gasteiger partial charge in [0.2, 0.25) is 0 Å². The van der Waals surface area contributed by atoms with E-state index in [1.54, 1.807) is 6.20 Å². The molecule has 2 aromatic heterocycles. The summed E-state index contributed by atoms with van der Waals surface area (Å²) in [6, 6.07) is 19.4. The van der Waals surface area contributed by atoms with Crippen molar-refractivity contribution in [1.82, 2.24) is 15.2 Å². The van der Waals surface area contributed by atoms with Gasteiger partial charge in [0.15, 0.2) is 11.5 Å². The zero-order valence-electron chi connectivity index (χ0n) is 16.4. The molecule has 2 aromatic carbocycles. The number of nitrogens with one attached hydrogen (secondary N) is 2. The number of hydrogen-bond acceptors (Lipinski definition) is 6. The van der Waals surface area contributed by atoms with Crippen LogP contribution in [-0.2, 0) is 4.74 Å². The number of rotatable bonds is 6. The molecule has 1 aliphatic rings. The lowest BCUT2D eigenvalue weighted by atomic mass is 10.1. The summed E-state index contributed by atoms with van der Waals surface area (Å²) < 4.78 is 17.4. The molecule has 2 N–H and O–H groups in total. The number of pyridine rings is 1. The molecule has 0 bridgehead atoms. The molecule has 0 saturated carbocycles. The number of benzene rings is 2. The fraction of sp³-hybridized carbons (Fsp3) is 0.217. The molecular formula is C23H22N4O3. The molecule has 0 aliphatic carbocycles. The molecule has 1 aliphatic heterocycles. The van der Waals surface area contributed by atoms with Crippen LogP contribution in [0.1, 0.15) is 12.8 Å². The molecule has 1 saturated heterocycles. The first-order valence-corrected chi connectivity index (χ1v) is 10.0. The Kier molecular flexibility index (Phi) is 5.18. The van der Waals surface area contributed by atoms with E-state index in [-0.39, 0.29) is 0 Å². The van der Waals surface area contributed by atoms with Crippen molar-refractivity contribution in [3.05, 3.63) is 66.9 Å². The van der Waals surface area contributed by atoms with E-state index in [1.807, 2.05) is 60.7 Å². The van der Waals surface area contributed by atoms with Crippen molar-refractivity contribution in [3.63, 3.8) is 0 Å². The molecule has 0 spiro atoms. The maximum absolute atomic E-state index is 6.16. The summed E-state index contributed by atoms with van der Waals surface area (Å²) in [5, 5.41) is 11.7. The topological polar surface area (TPSA) is 81.3 Å². The molecule has 0 radical (unpaired) electrons. The van der Waals surface area contributed by atoms with E-state index in [1.165, 1.54) is 0 Å². The monoisotopic (exact) mass is 402 g/mol. The van der Waals surface area contributed by atoms with E-state index in [9.17, 15) is 0 Å². The van der Waals surface area contributed by atoms with E-state index in [4.69, 9.17) is 14.2 Å². The molecule has 5 rings (SSSR count). The molecule has 30 heavy (non-hydrogen) atoms. The van der Waals surface area contributed by atoms with Crippen molar-refractivity contribution in [2.45, 2.75) is 18.9 Å². The standard InChI is InChI=1S/C23H22N4O3/c1-2-4-17(5-3-1)29-18-6-8-19(9-7-18)30-20-10-13-24-22-21(20)23(27-26-22)25-16-11-14-28-15-12-16/h1-10,13,16H,11-12,14-15H2,(H2,24,25,26,27). The van der Waals surface area contributed by atoms with Crippen LogP contribution in [0, 0.1) is 0 Å². The Morgan fingerprint density at radius 1 is 0.867 bits per heavy atom. The number of H-pyrrole nitrogens is 1. The maximum atomic E-state index is 6.16. The van der Waals surface area contributed by atoms with Gasteiger partial charge >= 0.3 is 0 Å². The average Bonchev–Trinajstić information content (AvgIpc) is 3.20. The minimum Gasteiger partial charge on any atom is -0.457 e. The second-order valence-electron chi connectivity index (χ2n) is 7.12. The summed E-state index contributed by atoms with van der Waals surface area (Å²) in [6.07, 6.45) is 3.61. The van der Waals surface area contributed by atoms with E-state index in [2.05, 4.69) is 20.5 Å². The Balaban J connectivity index is 1.35. The van der Waals surface area contributed by atoms with Crippen molar-refractivity contribution in [3.8, 4) is 23.0 Å². The van der Waals surface area contributed by atoms with Gasteiger partial charge in [-0.1, -0.05) is 18.2 Å². The third kappa shape index (κ3) is 4.06. The minimum atomic E-state index is 0.327. The van der Waals surface area contributed by atoms with Gasteiger partial charge in [0.25, 0.3) is 0 Å². The molecule has 152 valence electrons. The quantitative estimate of drug-likeness (QED) is 0.465. The number of aromatic nitrogens is 3. The molecule has 7 heteroatoms. The molecule has 1 fully saturated rings. The first kappa shape index (κ1) is 18.4. The molecule has 4 aromatic rings. The second-order valence-corrected chi connectivity index (χ2v) is 7.12. The summed E-state index contributed by atoms with van der Waals surface area (Å²) in [6.45, 7) is 1.53. The Morgan fingerprint density at radius 3 is 2.33 bits per heavy atom. The highest BCUT2D eigenvalue weighted by atomic mass is 16.5. The molecule has 0 amide bonds. The summed E-state index contributed by atoms with van der Waals surface area (Å²) in [5.41, 5.74) is 0.686. The largest absolute Gasteiger partial charge is 0.457 e. The van der Waals surface area contributed by atoms with Crippen LogP contribution < -0.4 is 14.8 Å². The number of ether oxygens (including phenoxy) is 3. The highest BCUT2D eigenvalue weighted by molar-refractivity contribution is 5.93. The predicted octanol–water partition coefficient (Wildman–Crippen LogP) is 5.13. The van der Waals surface area contributed by atoms with Gasteiger partial charge in [-0.05, 0) is 49.2 Å². The number of anilines is 1. The zero-order valence-corrected chi connectivity index (χ0v) is 16.4. The summed E-state index contributed by atoms with van der Waals surface area (Å²) in [5.74, 6) is 3.70. The van der Waals surface area contributed by atoms with Crippen LogP contribution in [0.5, 0.6) is 23.0 Å². The Labute approximate surface area is 174 Å². The van der Waals surface area contributed by atoms with Gasteiger partial charge < -0.3 is 19.5 Å². The number of aromatic amines is 1. The first-order chi connectivity index (χ1) is 14.8. The van der Waals surface area contributed by atoms with Gasteiger partial charge in [0.05, 0.1) is 0 Å². The summed E-state index contributed by atoms with van der Waals surface area (Å²) >= 11 is 0. The lowest BCUT2D eigenvalue weighted by Crippen LogP contribution is -2.28. The minimum absolute atomic E-state index is 0.327. The van der Waals surface area contributed by atoms with Crippen molar-refractivity contribution >= 4 is 16.9 Å². The average molecular weight is 402 g/mol. The van der Waals surface area contributed by atoms with Gasteiger partial charge in [0.1, 0.15) is 28.4 Å². The predicted molar refractivity (Wildman–Crippen MR) is 114 cm³/mol. The Morgan fingerprint density at radius 2 is 1.57 bits per heavy atom. The fourth-order valence-corrected chi connectivity index (χ4v) is 3.47. The fourth-order valence-electron chi connectivity index (χ4n) is 3.47. The summed E-state index contributed by atoms with van der Waals surface area (Å²) in [7, 11) is 0. The molecular weight excluding hydrogens is 380 g/mol. The van der Waals surface area contributed by atoms with E-state index >= 15 is 0 Å². The highest BCUT2D eigenvalue weighted by Gasteiger charge is 2.19. The molecule has 3 heterocycles. The summed E-state index contributed by atoms with van der Waals surface area (Å²) in [4.78, 5) is 4.38. The van der Waals surface area contributed by atoms with Crippen molar-refractivity contribution in [2.75, 3.05) is 18.5 Å². The van der Waals surface area contributed by atoms with Crippen LogP contribution in [0.25, 0.3) is 11.0 Å². The van der Waals surface area contributed by atoms with Crippen LogP contribution in [0.3, 0.4) is 0 Å². The van der Waals surface area contributed by atoms with Gasteiger partial charge in [-0.15, -0.1) is 0 Å². The number of para-hydroxylation sites is 1. The van der Waals surface area contributed by atoms with Crippen LogP contribution in [0.2, 0.25) is 0 Å². The Hall–Kier alpha value is -3.58. The normalized spacial score (nSPS) is 14.5. The Bertz CT molecular complexity index is 1110. The number of hydrogen-bond donors (Lipinski definition) is 2. The van der Waals surface area contributed by atoms with Gasteiger partial charge in [-0.25, -0.2) is 4.98 Å². The van der Waals surface area contributed by atoms with Crippen LogP contribution >= 0.6 is 0 Å². The van der Waals surface area contributed by atoms with E-state index in [0.717, 1.165) is 48.8 Å². The second kappa shape index (κ2) is 8.42. The van der Waals surface area contributed by atoms with Crippen molar-refractivity contribution in [2.24, 2.45) is 0 Å². The third-order valence-electron chi connectivity index (χ3n) is 5.02. The van der Waals surface area contributed by atoms with Crippen LogP contribution in [0.15, 0.2) is 66.9 Å². The lowest BCUT2D eigenvalue weighted by Gasteiger charge is -2.23. The SMILES string of the molecule is c1ccc(Oc2ccc(Oc3ccnc4[nH]nc(NC5CCOCC5)c34)cc2)cc1. The molecule has 0 unspecified atom stereocenters. The van der Waals surface area contributed by atoms with Crippen LogP contribution in [-0.4, -0.2) is 34.4 Å². The van der Waals surface area contributed by atoms with Gasteiger partial charge in [-0.3, -0.25) is 5.10 Å². The third-order valence-corrected chi connectivity index (χ3v) is 5.02. The van der Waals surface area contributed by atoms with Crippen LogP contribution in [0.4, 0.5) is 5.82 Å². The maximum Gasteiger partial charge on any atom is 0.161 e. The van der Waals surface area contributed by atoms with Gasteiger partial charge in [-0.2, -0.15) is 5.10 Å². The van der Waals surface area contributed by atoms with E-state index < -0.39 is 0 Å². The molecule has 7 nitrogen and oxygen atoms in total. The lowest BCUT2D eigenvalue weighted by molar-refractivity contribution is 0.0904. The zero-order chi connectivity index (χ0) is 20.2. The first-order valence-electron chi connectivity index (χ1n) is 10.0.